The Kier molecular flexibility index (Phi) is 2.82. The van der Waals surface area contributed by atoms with Crippen molar-refractivity contribution < 1.29 is 4.42 Å². The van der Waals surface area contributed by atoms with Crippen LogP contribution in [0.3, 0.4) is 0 Å². The van der Waals surface area contributed by atoms with E-state index in [-0.39, 0.29) is 0 Å². The smallest absolute Gasteiger partial charge is 0.134 e. The SMILES string of the molecule is c1ccc2c(c1)CC2CNCc1cc2ccccc2o1. The summed E-state index contributed by atoms with van der Waals surface area (Å²) in [6.07, 6.45) is 1.20. The van der Waals surface area contributed by atoms with Crippen molar-refractivity contribution in [2.75, 3.05) is 6.54 Å². The molecular formula is C18H17NO. The highest BCUT2D eigenvalue weighted by Gasteiger charge is 2.24. The minimum atomic E-state index is 0.663. The first-order valence-electron chi connectivity index (χ1n) is 7.16. The van der Waals surface area contributed by atoms with Crippen molar-refractivity contribution in [3.05, 3.63) is 71.5 Å². The molecule has 100 valence electrons. The molecular weight excluding hydrogens is 246 g/mol. The highest BCUT2D eigenvalue weighted by Crippen LogP contribution is 2.34. The van der Waals surface area contributed by atoms with Gasteiger partial charge in [0.15, 0.2) is 0 Å². The lowest BCUT2D eigenvalue weighted by molar-refractivity contribution is 0.481. The second kappa shape index (κ2) is 4.80. The van der Waals surface area contributed by atoms with Gasteiger partial charge in [0.2, 0.25) is 0 Å². The van der Waals surface area contributed by atoms with Gasteiger partial charge in [-0.3, -0.25) is 0 Å². The molecule has 1 unspecified atom stereocenters. The van der Waals surface area contributed by atoms with Gasteiger partial charge in [-0.1, -0.05) is 42.5 Å². The minimum absolute atomic E-state index is 0.663. The summed E-state index contributed by atoms with van der Waals surface area (Å²) in [6.45, 7) is 1.82. The Balaban J connectivity index is 1.37. The van der Waals surface area contributed by atoms with Gasteiger partial charge in [0.1, 0.15) is 11.3 Å². The van der Waals surface area contributed by atoms with E-state index in [9.17, 15) is 0 Å². The van der Waals surface area contributed by atoms with Crippen molar-refractivity contribution in [1.82, 2.24) is 5.32 Å². The van der Waals surface area contributed by atoms with E-state index in [1.54, 1.807) is 0 Å². The molecule has 2 heteroatoms. The van der Waals surface area contributed by atoms with Crippen molar-refractivity contribution in [2.24, 2.45) is 0 Å². The Hall–Kier alpha value is -2.06. The molecule has 0 bridgehead atoms. The summed E-state index contributed by atoms with van der Waals surface area (Å²) in [6, 6.07) is 19.0. The third kappa shape index (κ3) is 2.02. The second-order valence-electron chi connectivity index (χ2n) is 5.48. The molecule has 0 radical (unpaired) electrons. The van der Waals surface area contributed by atoms with E-state index < -0.39 is 0 Å². The maximum atomic E-state index is 5.81. The number of fused-ring (bicyclic) bond motifs is 2. The molecule has 0 saturated carbocycles. The predicted octanol–water partition coefficient (Wildman–Crippen LogP) is 3.86. The third-order valence-corrected chi connectivity index (χ3v) is 4.13. The molecule has 1 aromatic heterocycles. The molecule has 0 fully saturated rings. The Morgan fingerprint density at radius 3 is 2.80 bits per heavy atom. The van der Waals surface area contributed by atoms with Crippen LogP contribution in [0.25, 0.3) is 11.0 Å². The van der Waals surface area contributed by atoms with E-state index in [4.69, 9.17) is 4.42 Å². The molecule has 0 aliphatic heterocycles. The standard InChI is InChI=1S/C18H17NO/c1-3-7-17-13(5-1)9-15(17)11-19-12-16-10-14-6-2-4-8-18(14)20-16/h1-8,10,15,19H,9,11-12H2. The zero-order valence-corrected chi connectivity index (χ0v) is 11.3. The predicted molar refractivity (Wildman–Crippen MR) is 80.8 cm³/mol. The molecule has 2 nitrogen and oxygen atoms in total. The fraction of sp³-hybridized carbons (Fsp3) is 0.222. The quantitative estimate of drug-likeness (QED) is 0.773. The van der Waals surface area contributed by atoms with E-state index in [1.165, 1.54) is 22.9 Å². The van der Waals surface area contributed by atoms with Crippen LogP contribution in [0.15, 0.2) is 59.0 Å². The van der Waals surface area contributed by atoms with Gasteiger partial charge in [-0.05, 0) is 29.7 Å². The molecule has 1 N–H and O–H groups in total. The average molecular weight is 263 g/mol. The van der Waals surface area contributed by atoms with Crippen molar-refractivity contribution in [2.45, 2.75) is 18.9 Å². The van der Waals surface area contributed by atoms with E-state index in [0.29, 0.717) is 5.92 Å². The summed E-state index contributed by atoms with van der Waals surface area (Å²) < 4.78 is 5.81. The van der Waals surface area contributed by atoms with Crippen molar-refractivity contribution >= 4 is 11.0 Å². The first-order valence-corrected chi connectivity index (χ1v) is 7.16. The van der Waals surface area contributed by atoms with Crippen molar-refractivity contribution in [1.29, 1.82) is 0 Å². The number of rotatable bonds is 4. The molecule has 0 spiro atoms. The first kappa shape index (κ1) is 11.7. The molecule has 0 saturated heterocycles. The van der Waals surface area contributed by atoms with Gasteiger partial charge >= 0.3 is 0 Å². The van der Waals surface area contributed by atoms with Crippen LogP contribution < -0.4 is 5.32 Å². The molecule has 2 aromatic carbocycles. The number of hydrogen-bond acceptors (Lipinski definition) is 2. The summed E-state index contributed by atoms with van der Waals surface area (Å²) >= 11 is 0. The Morgan fingerprint density at radius 2 is 1.90 bits per heavy atom. The number of furan rings is 1. The van der Waals surface area contributed by atoms with E-state index in [1.807, 2.05) is 18.2 Å². The summed E-state index contributed by atoms with van der Waals surface area (Å²) in [4.78, 5) is 0. The average Bonchev–Trinajstić information content (AvgIpc) is 2.86. The third-order valence-electron chi connectivity index (χ3n) is 4.13. The van der Waals surface area contributed by atoms with Crippen LogP contribution in [0.4, 0.5) is 0 Å². The van der Waals surface area contributed by atoms with Gasteiger partial charge in [-0.2, -0.15) is 0 Å². The topological polar surface area (TPSA) is 25.2 Å². The van der Waals surface area contributed by atoms with Gasteiger partial charge in [-0.25, -0.2) is 0 Å². The lowest BCUT2D eigenvalue weighted by Gasteiger charge is -2.30. The molecule has 1 atom stereocenters. The first-order chi connectivity index (χ1) is 9.90. The van der Waals surface area contributed by atoms with E-state index in [2.05, 4.69) is 41.7 Å². The number of hydrogen-bond donors (Lipinski definition) is 1. The van der Waals surface area contributed by atoms with Gasteiger partial charge in [-0.15, -0.1) is 0 Å². The number of nitrogens with one attached hydrogen (secondary N) is 1. The van der Waals surface area contributed by atoms with Crippen LogP contribution in [-0.2, 0) is 13.0 Å². The molecule has 1 aliphatic rings. The molecule has 1 heterocycles. The van der Waals surface area contributed by atoms with Crippen LogP contribution in [0.2, 0.25) is 0 Å². The van der Waals surface area contributed by atoms with Crippen LogP contribution in [0.5, 0.6) is 0 Å². The highest BCUT2D eigenvalue weighted by atomic mass is 16.3. The fourth-order valence-electron chi connectivity index (χ4n) is 3.04. The van der Waals surface area contributed by atoms with Crippen LogP contribution in [0, 0.1) is 0 Å². The fourth-order valence-corrected chi connectivity index (χ4v) is 3.04. The monoisotopic (exact) mass is 263 g/mol. The summed E-state index contributed by atoms with van der Waals surface area (Å²) in [7, 11) is 0. The molecule has 3 aromatic rings. The van der Waals surface area contributed by atoms with Gasteiger partial charge in [0, 0.05) is 17.8 Å². The lowest BCUT2D eigenvalue weighted by atomic mass is 9.77. The molecule has 4 rings (SSSR count). The summed E-state index contributed by atoms with van der Waals surface area (Å²) in [5.41, 5.74) is 3.98. The maximum absolute atomic E-state index is 5.81. The zero-order valence-electron chi connectivity index (χ0n) is 11.3. The van der Waals surface area contributed by atoms with Crippen LogP contribution >= 0.6 is 0 Å². The van der Waals surface area contributed by atoms with Crippen LogP contribution in [-0.4, -0.2) is 6.54 Å². The number of benzene rings is 2. The summed E-state index contributed by atoms with van der Waals surface area (Å²) in [5, 5.41) is 4.69. The van der Waals surface area contributed by atoms with E-state index in [0.717, 1.165) is 24.4 Å². The molecule has 20 heavy (non-hydrogen) atoms. The Morgan fingerprint density at radius 1 is 1.05 bits per heavy atom. The largest absolute Gasteiger partial charge is 0.460 e. The summed E-state index contributed by atoms with van der Waals surface area (Å²) in [5.74, 6) is 1.68. The van der Waals surface area contributed by atoms with Gasteiger partial charge in [0.05, 0.1) is 6.54 Å². The van der Waals surface area contributed by atoms with Crippen molar-refractivity contribution in [3.8, 4) is 0 Å². The molecule has 1 aliphatic carbocycles. The van der Waals surface area contributed by atoms with Gasteiger partial charge < -0.3 is 9.73 Å². The molecule has 0 amide bonds. The van der Waals surface area contributed by atoms with Crippen molar-refractivity contribution in [3.63, 3.8) is 0 Å². The van der Waals surface area contributed by atoms with E-state index >= 15 is 0 Å². The highest BCUT2D eigenvalue weighted by molar-refractivity contribution is 5.77. The normalized spacial score (nSPS) is 16.9. The Labute approximate surface area is 118 Å². The zero-order chi connectivity index (χ0) is 13.4. The Bertz CT molecular complexity index is 711. The number of para-hydroxylation sites is 1. The second-order valence-corrected chi connectivity index (χ2v) is 5.48. The van der Waals surface area contributed by atoms with Crippen LogP contribution in [0.1, 0.15) is 22.8 Å². The van der Waals surface area contributed by atoms with Gasteiger partial charge in [0.25, 0.3) is 0 Å². The maximum Gasteiger partial charge on any atom is 0.134 e. The minimum Gasteiger partial charge on any atom is -0.460 e. The lowest BCUT2D eigenvalue weighted by Crippen LogP contribution is -2.28.